The number of aromatic carboxylic acids is 1. The van der Waals surface area contributed by atoms with Crippen molar-refractivity contribution in [2.75, 3.05) is 0 Å². The van der Waals surface area contributed by atoms with Crippen LogP contribution in [-0.2, 0) is 0 Å². The molecule has 0 saturated heterocycles. The Morgan fingerprint density at radius 1 is 1.06 bits per heavy atom. The zero-order chi connectivity index (χ0) is 13.1. The summed E-state index contributed by atoms with van der Waals surface area (Å²) in [6, 6.07) is 13.8. The number of carbonyl (C=O) groups is 1. The van der Waals surface area contributed by atoms with Gasteiger partial charge in [0.2, 0.25) is 0 Å². The summed E-state index contributed by atoms with van der Waals surface area (Å²) in [7, 11) is 0. The Morgan fingerprint density at radius 3 is 2.28 bits per heavy atom. The first-order valence-electron chi connectivity index (χ1n) is 5.35. The van der Waals surface area contributed by atoms with E-state index in [1.807, 2.05) is 12.1 Å². The molecule has 18 heavy (non-hydrogen) atoms. The van der Waals surface area contributed by atoms with E-state index in [0.29, 0.717) is 11.1 Å². The molecule has 0 fully saturated rings. The fourth-order valence-corrected chi connectivity index (χ4v) is 2.11. The number of carboxylic acids is 1. The Morgan fingerprint density at radius 2 is 1.67 bits per heavy atom. The van der Waals surface area contributed by atoms with Crippen molar-refractivity contribution in [2.45, 2.75) is 6.10 Å². The third kappa shape index (κ3) is 2.70. The molecule has 0 amide bonds. The number of halogens is 1. The lowest BCUT2D eigenvalue weighted by Crippen LogP contribution is -2.08. The number of rotatable bonds is 3. The number of benzene rings is 2. The molecule has 0 aromatic heterocycles. The molecule has 0 aliphatic carbocycles. The van der Waals surface area contributed by atoms with Crippen molar-refractivity contribution in [3.05, 3.63) is 68.8 Å². The first-order valence-corrected chi connectivity index (χ1v) is 6.43. The van der Waals surface area contributed by atoms with E-state index >= 15 is 0 Å². The van der Waals surface area contributed by atoms with Crippen molar-refractivity contribution >= 4 is 28.6 Å². The van der Waals surface area contributed by atoms with Gasteiger partial charge < -0.3 is 10.2 Å². The molecule has 0 spiro atoms. The molecule has 0 heterocycles. The number of aliphatic hydroxyl groups excluding tert-OH is 1. The Kier molecular flexibility index (Phi) is 3.98. The zero-order valence-corrected chi connectivity index (χ0v) is 11.5. The quantitative estimate of drug-likeness (QED) is 0.833. The molecular weight excluding hydrogens is 343 g/mol. The van der Waals surface area contributed by atoms with Crippen molar-refractivity contribution in [3.63, 3.8) is 0 Å². The maximum absolute atomic E-state index is 11.1. The summed E-state index contributed by atoms with van der Waals surface area (Å²) >= 11 is 2.18. The monoisotopic (exact) mass is 354 g/mol. The molecule has 4 heteroatoms. The van der Waals surface area contributed by atoms with Crippen LogP contribution in [0.3, 0.4) is 0 Å². The van der Waals surface area contributed by atoms with Crippen molar-refractivity contribution in [2.24, 2.45) is 0 Å². The molecule has 0 saturated carbocycles. The highest BCUT2D eigenvalue weighted by Crippen LogP contribution is 2.25. The maximum atomic E-state index is 11.1. The Labute approximate surface area is 118 Å². The number of aliphatic hydroxyl groups is 1. The molecular formula is C14H11IO3. The van der Waals surface area contributed by atoms with Crippen LogP contribution in [0.4, 0.5) is 0 Å². The molecule has 92 valence electrons. The molecule has 2 aromatic rings. The second-order valence-corrected chi connectivity index (χ2v) is 5.09. The van der Waals surface area contributed by atoms with E-state index in [4.69, 9.17) is 5.11 Å². The lowest BCUT2D eigenvalue weighted by Gasteiger charge is -2.14. The predicted molar refractivity (Wildman–Crippen MR) is 76.6 cm³/mol. The molecule has 2 aromatic carbocycles. The van der Waals surface area contributed by atoms with Crippen LogP contribution in [0, 0.1) is 3.57 Å². The first kappa shape index (κ1) is 13.0. The van der Waals surface area contributed by atoms with Crippen molar-refractivity contribution in [1.29, 1.82) is 0 Å². The molecule has 0 aliphatic heterocycles. The standard InChI is InChI=1S/C14H11IO3/c15-10-7-5-9(6-8-10)13(16)11-3-1-2-4-12(11)14(17)18/h1-8,13,16H,(H,17,18). The first-order chi connectivity index (χ1) is 8.59. The van der Waals surface area contributed by atoms with Gasteiger partial charge in [-0.15, -0.1) is 0 Å². The molecule has 1 atom stereocenters. The fraction of sp³-hybridized carbons (Fsp3) is 0.0714. The summed E-state index contributed by atoms with van der Waals surface area (Å²) in [4.78, 5) is 11.1. The van der Waals surface area contributed by atoms with Crippen molar-refractivity contribution < 1.29 is 15.0 Å². The summed E-state index contributed by atoms with van der Waals surface area (Å²) in [5, 5.41) is 19.3. The Bertz CT molecular complexity index is 564. The van der Waals surface area contributed by atoms with Gasteiger partial charge in [0.25, 0.3) is 0 Å². The van der Waals surface area contributed by atoms with Crippen LogP contribution in [0.25, 0.3) is 0 Å². The van der Waals surface area contributed by atoms with Gasteiger partial charge in [-0.3, -0.25) is 0 Å². The lowest BCUT2D eigenvalue weighted by atomic mass is 9.97. The zero-order valence-electron chi connectivity index (χ0n) is 9.38. The highest BCUT2D eigenvalue weighted by molar-refractivity contribution is 14.1. The van der Waals surface area contributed by atoms with Gasteiger partial charge in [0.1, 0.15) is 6.10 Å². The van der Waals surface area contributed by atoms with Crippen LogP contribution in [0.1, 0.15) is 27.6 Å². The van der Waals surface area contributed by atoms with E-state index in [1.54, 1.807) is 30.3 Å². The molecule has 1 unspecified atom stereocenters. The summed E-state index contributed by atoms with van der Waals surface area (Å²) in [5.74, 6) is -1.03. The van der Waals surface area contributed by atoms with Gasteiger partial charge in [-0.2, -0.15) is 0 Å². The minimum atomic E-state index is -1.03. The van der Waals surface area contributed by atoms with Crippen molar-refractivity contribution in [3.8, 4) is 0 Å². The van der Waals surface area contributed by atoms with Crippen LogP contribution in [0.5, 0.6) is 0 Å². The highest BCUT2D eigenvalue weighted by Gasteiger charge is 2.17. The molecule has 0 bridgehead atoms. The number of carboxylic acid groups (broad SMARTS) is 1. The topological polar surface area (TPSA) is 57.5 Å². The highest BCUT2D eigenvalue weighted by atomic mass is 127. The molecule has 2 N–H and O–H groups in total. The van der Waals surface area contributed by atoms with Gasteiger partial charge in [-0.25, -0.2) is 4.79 Å². The van der Waals surface area contributed by atoms with Gasteiger partial charge in [0, 0.05) is 3.57 Å². The molecule has 0 aliphatic rings. The summed E-state index contributed by atoms with van der Waals surface area (Å²) in [6.45, 7) is 0. The molecule has 2 rings (SSSR count). The second kappa shape index (κ2) is 5.49. The third-order valence-electron chi connectivity index (χ3n) is 2.67. The summed E-state index contributed by atoms with van der Waals surface area (Å²) in [5.41, 5.74) is 1.22. The van der Waals surface area contributed by atoms with Crippen molar-refractivity contribution in [1.82, 2.24) is 0 Å². The number of hydrogen-bond acceptors (Lipinski definition) is 2. The van der Waals surface area contributed by atoms with E-state index in [9.17, 15) is 9.90 Å². The SMILES string of the molecule is O=C(O)c1ccccc1C(O)c1ccc(I)cc1. The predicted octanol–water partition coefficient (Wildman–Crippen LogP) is 3.07. The Balaban J connectivity index is 2.42. The van der Waals surface area contributed by atoms with E-state index in [1.165, 1.54) is 6.07 Å². The van der Waals surface area contributed by atoms with Gasteiger partial charge in [-0.05, 0) is 51.9 Å². The van der Waals surface area contributed by atoms with E-state index < -0.39 is 12.1 Å². The number of hydrogen-bond donors (Lipinski definition) is 2. The van der Waals surface area contributed by atoms with Gasteiger partial charge >= 0.3 is 5.97 Å². The maximum Gasteiger partial charge on any atom is 0.336 e. The van der Waals surface area contributed by atoms with Crippen LogP contribution in [0.2, 0.25) is 0 Å². The van der Waals surface area contributed by atoms with Gasteiger partial charge in [0.15, 0.2) is 0 Å². The largest absolute Gasteiger partial charge is 0.478 e. The molecule has 3 nitrogen and oxygen atoms in total. The lowest BCUT2D eigenvalue weighted by molar-refractivity contribution is 0.0691. The summed E-state index contributed by atoms with van der Waals surface area (Å²) in [6.07, 6.45) is -0.922. The minimum Gasteiger partial charge on any atom is -0.478 e. The van der Waals surface area contributed by atoms with E-state index in [0.717, 1.165) is 3.57 Å². The van der Waals surface area contributed by atoms with E-state index in [2.05, 4.69) is 22.6 Å². The minimum absolute atomic E-state index is 0.128. The van der Waals surface area contributed by atoms with Crippen LogP contribution in [0.15, 0.2) is 48.5 Å². The molecule has 0 radical (unpaired) electrons. The van der Waals surface area contributed by atoms with Gasteiger partial charge in [-0.1, -0.05) is 30.3 Å². The van der Waals surface area contributed by atoms with Crippen LogP contribution >= 0.6 is 22.6 Å². The average Bonchev–Trinajstić information content (AvgIpc) is 2.39. The van der Waals surface area contributed by atoms with Gasteiger partial charge in [0.05, 0.1) is 5.56 Å². The second-order valence-electron chi connectivity index (χ2n) is 3.85. The van der Waals surface area contributed by atoms with Crippen LogP contribution in [-0.4, -0.2) is 16.2 Å². The van der Waals surface area contributed by atoms with E-state index in [-0.39, 0.29) is 5.56 Å². The smallest absolute Gasteiger partial charge is 0.336 e. The summed E-state index contributed by atoms with van der Waals surface area (Å²) < 4.78 is 1.06. The fourth-order valence-electron chi connectivity index (χ4n) is 1.75. The Hall–Kier alpha value is -1.40. The normalized spacial score (nSPS) is 12.1. The third-order valence-corrected chi connectivity index (χ3v) is 3.39. The average molecular weight is 354 g/mol. The van der Waals surface area contributed by atoms with Crippen LogP contribution < -0.4 is 0 Å².